The van der Waals surface area contributed by atoms with Crippen LogP contribution < -0.4 is 5.32 Å². The summed E-state index contributed by atoms with van der Waals surface area (Å²) in [4.78, 5) is 24.0. The van der Waals surface area contributed by atoms with Crippen LogP contribution in [0.3, 0.4) is 0 Å². The van der Waals surface area contributed by atoms with Crippen molar-refractivity contribution in [2.24, 2.45) is 5.92 Å². The maximum atomic E-state index is 12.3. The molecule has 1 rings (SSSR count). The van der Waals surface area contributed by atoms with Gasteiger partial charge in [-0.3, -0.25) is 4.79 Å². The smallest absolute Gasteiger partial charge is 0.408 e. The molecule has 0 aliphatic carbocycles. The third-order valence-electron chi connectivity index (χ3n) is 2.81. The Bertz CT molecular complexity index is 355. The number of nitrogens with one attached hydrogen (secondary N) is 1. The molecular weight excluding hydrogens is 294 g/mol. The van der Waals surface area contributed by atoms with E-state index in [0.29, 0.717) is 18.9 Å². The van der Waals surface area contributed by atoms with Crippen molar-refractivity contribution in [2.45, 2.75) is 92.9 Å². The zero-order chi connectivity index (χ0) is 18.8. The number of ketones is 1. The first kappa shape index (κ1) is 24.2. The van der Waals surface area contributed by atoms with Crippen LogP contribution in [-0.4, -0.2) is 35.7 Å². The van der Waals surface area contributed by atoms with Gasteiger partial charge in [0, 0.05) is 0 Å². The van der Waals surface area contributed by atoms with E-state index in [2.05, 4.69) is 5.32 Å². The van der Waals surface area contributed by atoms with Gasteiger partial charge in [-0.05, 0) is 40.0 Å². The third kappa shape index (κ3) is 10.3. The summed E-state index contributed by atoms with van der Waals surface area (Å²) in [5.74, 6) is 0.221. The third-order valence-corrected chi connectivity index (χ3v) is 2.81. The van der Waals surface area contributed by atoms with E-state index in [0.717, 1.165) is 0 Å². The summed E-state index contributed by atoms with van der Waals surface area (Å²) in [7, 11) is 0. The fourth-order valence-electron chi connectivity index (χ4n) is 1.77. The highest BCUT2D eigenvalue weighted by molar-refractivity contribution is 5.95. The Morgan fingerprint density at radius 3 is 1.91 bits per heavy atom. The normalized spacial score (nSPS) is 20.3. The number of rotatable bonds is 5. The van der Waals surface area contributed by atoms with Gasteiger partial charge in [0.05, 0.1) is 12.6 Å². The molecule has 1 fully saturated rings. The number of epoxide rings is 1. The van der Waals surface area contributed by atoms with Crippen LogP contribution in [0, 0.1) is 5.92 Å². The van der Waals surface area contributed by atoms with Gasteiger partial charge in [-0.15, -0.1) is 0 Å². The molecule has 0 aromatic rings. The molecule has 1 amide bonds. The van der Waals surface area contributed by atoms with Gasteiger partial charge in [-0.25, -0.2) is 4.79 Å². The molecule has 0 aromatic carbocycles. The van der Waals surface area contributed by atoms with Crippen molar-refractivity contribution < 1.29 is 19.1 Å². The number of alkyl carbamates (subject to hydrolysis) is 1. The van der Waals surface area contributed by atoms with E-state index < -0.39 is 23.3 Å². The zero-order valence-corrected chi connectivity index (χ0v) is 16.7. The molecule has 5 nitrogen and oxygen atoms in total. The van der Waals surface area contributed by atoms with E-state index >= 15 is 0 Å². The first-order valence-corrected chi connectivity index (χ1v) is 8.71. The number of ether oxygens (including phenoxy) is 2. The molecule has 0 radical (unpaired) electrons. The average molecular weight is 331 g/mol. The highest BCUT2D eigenvalue weighted by Crippen LogP contribution is 2.29. The fraction of sp³-hybridized carbons (Fsp3) is 0.889. The molecular formula is C18H37NO4. The highest BCUT2D eigenvalue weighted by Gasteiger charge is 2.50. The topological polar surface area (TPSA) is 67.9 Å². The van der Waals surface area contributed by atoms with Crippen molar-refractivity contribution in [3.8, 4) is 0 Å². The molecule has 0 saturated carbocycles. The molecule has 5 heteroatoms. The Hall–Kier alpha value is -1.10. The van der Waals surface area contributed by atoms with E-state index in [-0.39, 0.29) is 5.78 Å². The second kappa shape index (κ2) is 10.6. The molecule has 138 valence electrons. The second-order valence-electron chi connectivity index (χ2n) is 6.71. The summed E-state index contributed by atoms with van der Waals surface area (Å²) >= 11 is 0. The SMILES string of the molecule is CC.CC.CC(C)C[C@H](NC(=O)OC(C)(C)C)C(=O)[C@]1(C)CO1. The summed E-state index contributed by atoms with van der Waals surface area (Å²) in [5.41, 5.74) is -1.30. The Morgan fingerprint density at radius 1 is 1.17 bits per heavy atom. The molecule has 2 atom stereocenters. The van der Waals surface area contributed by atoms with E-state index in [4.69, 9.17) is 9.47 Å². The van der Waals surface area contributed by atoms with E-state index in [9.17, 15) is 9.59 Å². The second-order valence-corrected chi connectivity index (χ2v) is 6.71. The monoisotopic (exact) mass is 331 g/mol. The summed E-state index contributed by atoms with van der Waals surface area (Å²) in [6.45, 7) is 19.6. The lowest BCUT2D eigenvalue weighted by atomic mass is 9.93. The number of hydrogen-bond donors (Lipinski definition) is 1. The van der Waals surface area contributed by atoms with Crippen molar-refractivity contribution in [2.75, 3.05) is 6.61 Å². The van der Waals surface area contributed by atoms with Crippen molar-refractivity contribution in [3.05, 3.63) is 0 Å². The number of hydrogen-bond acceptors (Lipinski definition) is 4. The van der Waals surface area contributed by atoms with Crippen molar-refractivity contribution in [3.63, 3.8) is 0 Å². The molecule has 1 aliphatic heterocycles. The highest BCUT2D eigenvalue weighted by atomic mass is 16.6. The molecule has 1 aliphatic rings. The average Bonchev–Trinajstić information content (AvgIpc) is 3.18. The number of carbonyl (C=O) groups is 2. The molecule has 23 heavy (non-hydrogen) atoms. The lowest BCUT2D eigenvalue weighted by Crippen LogP contribution is -2.48. The Labute approximate surface area is 142 Å². The summed E-state index contributed by atoms with van der Waals surface area (Å²) in [6, 6.07) is -0.553. The van der Waals surface area contributed by atoms with Crippen LogP contribution in [-0.2, 0) is 14.3 Å². The van der Waals surface area contributed by atoms with Crippen LogP contribution in [0.4, 0.5) is 4.79 Å². The summed E-state index contributed by atoms with van der Waals surface area (Å²) in [6.07, 6.45) is 0.0209. The molecule has 0 bridgehead atoms. The van der Waals surface area contributed by atoms with E-state index in [1.807, 2.05) is 41.5 Å². The molecule has 1 N–H and O–H groups in total. The Balaban J connectivity index is 0. The maximum absolute atomic E-state index is 12.3. The molecule has 0 unspecified atom stereocenters. The van der Waals surface area contributed by atoms with Crippen molar-refractivity contribution >= 4 is 11.9 Å². The standard InChI is InChI=1S/C14H25NO4.2C2H6/c1-9(2)7-10(11(16)14(6)8-18-14)15-12(17)19-13(3,4)5;2*1-2/h9-10H,7-8H2,1-6H3,(H,15,17);2*1-2H3/t10-,14-;;/m0../s1. The lowest BCUT2D eigenvalue weighted by Gasteiger charge is -2.24. The minimum absolute atomic E-state index is 0.0768. The van der Waals surface area contributed by atoms with Crippen LogP contribution in [0.5, 0.6) is 0 Å². The quantitative estimate of drug-likeness (QED) is 0.761. The van der Waals surface area contributed by atoms with Crippen molar-refractivity contribution in [1.82, 2.24) is 5.32 Å². The van der Waals surface area contributed by atoms with Gasteiger partial charge in [0.25, 0.3) is 0 Å². The zero-order valence-electron chi connectivity index (χ0n) is 16.7. The molecule has 1 saturated heterocycles. The van der Waals surface area contributed by atoms with Crippen LogP contribution in [0.2, 0.25) is 0 Å². The first-order chi connectivity index (χ1) is 10.5. The largest absolute Gasteiger partial charge is 0.444 e. The Kier molecular flexibility index (Phi) is 11.2. The van der Waals surface area contributed by atoms with Crippen molar-refractivity contribution in [1.29, 1.82) is 0 Å². The first-order valence-electron chi connectivity index (χ1n) is 8.71. The van der Waals surface area contributed by atoms with E-state index in [1.54, 1.807) is 27.7 Å². The predicted molar refractivity (Wildman–Crippen MR) is 94.7 cm³/mol. The van der Waals surface area contributed by atoms with Gasteiger partial charge in [-0.1, -0.05) is 41.5 Å². The van der Waals surface area contributed by atoms with E-state index in [1.165, 1.54) is 0 Å². The molecule has 0 spiro atoms. The van der Waals surface area contributed by atoms with Gasteiger partial charge in [0.1, 0.15) is 11.2 Å². The summed E-state index contributed by atoms with van der Waals surface area (Å²) in [5, 5.41) is 2.66. The Morgan fingerprint density at radius 2 is 1.61 bits per heavy atom. The lowest BCUT2D eigenvalue weighted by molar-refractivity contribution is -0.126. The minimum Gasteiger partial charge on any atom is -0.444 e. The van der Waals surface area contributed by atoms with Crippen LogP contribution in [0.15, 0.2) is 0 Å². The van der Waals surface area contributed by atoms with Crippen LogP contribution >= 0.6 is 0 Å². The van der Waals surface area contributed by atoms with Gasteiger partial charge >= 0.3 is 6.09 Å². The fourth-order valence-corrected chi connectivity index (χ4v) is 1.77. The van der Waals surface area contributed by atoms with Gasteiger partial charge in [0.15, 0.2) is 5.78 Å². The minimum atomic E-state index is -0.728. The van der Waals surface area contributed by atoms with Gasteiger partial charge < -0.3 is 14.8 Å². The van der Waals surface area contributed by atoms with Gasteiger partial charge in [0.2, 0.25) is 0 Å². The molecule has 0 aromatic heterocycles. The van der Waals surface area contributed by atoms with Crippen LogP contribution in [0.1, 0.15) is 75.7 Å². The van der Waals surface area contributed by atoms with Crippen LogP contribution in [0.25, 0.3) is 0 Å². The number of amides is 1. The van der Waals surface area contributed by atoms with Gasteiger partial charge in [-0.2, -0.15) is 0 Å². The number of carbonyl (C=O) groups excluding carboxylic acids is 2. The summed E-state index contributed by atoms with van der Waals surface area (Å²) < 4.78 is 10.4. The predicted octanol–water partition coefficient (Wildman–Crippen LogP) is 4.34. The molecule has 1 heterocycles. The maximum Gasteiger partial charge on any atom is 0.408 e. The number of Topliss-reactive ketones (excluding diaryl/α,β-unsaturated/α-hetero) is 1.